The van der Waals surface area contributed by atoms with Gasteiger partial charge in [-0.05, 0) is 79.4 Å². The summed E-state index contributed by atoms with van der Waals surface area (Å²) in [5.41, 5.74) is 4.87. The van der Waals surface area contributed by atoms with Crippen molar-refractivity contribution in [3.05, 3.63) is 84.6 Å². The Morgan fingerprint density at radius 1 is 0.875 bits per heavy atom. The molecule has 0 atom stereocenters. The van der Waals surface area contributed by atoms with Crippen LogP contribution in [0.1, 0.15) is 18.4 Å². The molecule has 1 aliphatic heterocycles. The van der Waals surface area contributed by atoms with Gasteiger partial charge in [-0.1, -0.05) is 42.5 Å². The van der Waals surface area contributed by atoms with E-state index in [-0.39, 0.29) is 4.90 Å². The number of hydrogen-bond donors (Lipinski definition) is 2. The number of fused-ring (bicyclic) bond motifs is 1. The summed E-state index contributed by atoms with van der Waals surface area (Å²) in [5.74, 6) is 0. The van der Waals surface area contributed by atoms with Crippen LogP contribution in [0.25, 0.3) is 22.0 Å². The van der Waals surface area contributed by atoms with E-state index in [4.69, 9.17) is 0 Å². The number of likely N-dealkylation sites (tertiary alicyclic amines) is 1. The maximum Gasteiger partial charge on any atom is 0.261 e. The monoisotopic (exact) mass is 445 g/mol. The lowest BCUT2D eigenvalue weighted by atomic mass is 10.1. The molecule has 0 spiro atoms. The van der Waals surface area contributed by atoms with Crippen LogP contribution >= 0.6 is 0 Å². The minimum Gasteiger partial charge on any atom is -0.361 e. The molecule has 0 aliphatic carbocycles. The van der Waals surface area contributed by atoms with E-state index in [1.165, 1.54) is 31.5 Å². The Bertz CT molecular complexity index is 1310. The quantitative estimate of drug-likeness (QED) is 0.407. The lowest BCUT2D eigenvalue weighted by molar-refractivity contribution is 0.344. The molecule has 1 aromatic heterocycles. The fraction of sp³-hybridized carbons (Fsp3) is 0.231. The smallest absolute Gasteiger partial charge is 0.261 e. The molecule has 1 fully saturated rings. The maximum atomic E-state index is 13.0. The Kier molecular flexibility index (Phi) is 5.72. The van der Waals surface area contributed by atoms with Gasteiger partial charge in [0.05, 0.1) is 4.90 Å². The molecule has 3 aromatic carbocycles. The van der Waals surface area contributed by atoms with E-state index >= 15 is 0 Å². The molecule has 5 nitrogen and oxygen atoms in total. The molecule has 0 amide bonds. The van der Waals surface area contributed by atoms with Crippen molar-refractivity contribution in [2.75, 3.05) is 24.4 Å². The highest BCUT2D eigenvalue weighted by atomic mass is 32.2. The molecular weight excluding hydrogens is 418 g/mol. The number of anilines is 1. The molecular formula is C26H27N3O2S. The third kappa shape index (κ3) is 4.42. The average Bonchev–Trinajstić information content (AvgIpc) is 3.48. The molecule has 4 aromatic rings. The van der Waals surface area contributed by atoms with Crippen molar-refractivity contribution in [1.29, 1.82) is 0 Å². The van der Waals surface area contributed by atoms with E-state index in [2.05, 4.69) is 14.6 Å². The number of nitrogens with zero attached hydrogens (tertiary/aromatic N) is 1. The Morgan fingerprint density at radius 2 is 1.59 bits per heavy atom. The van der Waals surface area contributed by atoms with Crippen molar-refractivity contribution in [1.82, 2.24) is 9.88 Å². The summed E-state index contributed by atoms with van der Waals surface area (Å²) in [6.45, 7) is 3.39. The van der Waals surface area contributed by atoms with Gasteiger partial charge in [0, 0.05) is 29.3 Å². The van der Waals surface area contributed by atoms with Gasteiger partial charge in [-0.15, -0.1) is 0 Å². The summed E-state index contributed by atoms with van der Waals surface area (Å²) in [5, 5.41) is 1.07. The van der Waals surface area contributed by atoms with Crippen LogP contribution in [-0.4, -0.2) is 37.9 Å². The summed E-state index contributed by atoms with van der Waals surface area (Å²) >= 11 is 0. The second-order valence-corrected chi connectivity index (χ2v) is 10.1. The third-order valence-corrected chi connectivity index (χ3v) is 7.58. The van der Waals surface area contributed by atoms with Gasteiger partial charge in [-0.3, -0.25) is 4.72 Å². The van der Waals surface area contributed by atoms with E-state index in [0.29, 0.717) is 5.69 Å². The molecule has 0 radical (unpaired) electrons. The maximum absolute atomic E-state index is 13.0. The summed E-state index contributed by atoms with van der Waals surface area (Å²) in [4.78, 5) is 6.05. The molecule has 1 aliphatic rings. The van der Waals surface area contributed by atoms with Gasteiger partial charge in [0.2, 0.25) is 0 Å². The van der Waals surface area contributed by atoms with Crippen LogP contribution in [0.15, 0.2) is 83.9 Å². The Labute approximate surface area is 189 Å². The molecule has 1 saturated heterocycles. The number of sulfonamides is 1. The molecule has 0 saturated carbocycles. The number of rotatable bonds is 7. The summed E-state index contributed by atoms with van der Waals surface area (Å²) in [7, 11) is -3.67. The second kappa shape index (κ2) is 8.81. The van der Waals surface area contributed by atoms with Crippen molar-refractivity contribution in [3.8, 4) is 11.1 Å². The lowest BCUT2D eigenvalue weighted by Crippen LogP contribution is -2.21. The Balaban J connectivity index is 1.34. The number of aromatic nitrogens is 1. The van der Waals surface area contributed by atoms with Crippen LogP contribution in [0.3, 0.4) is 0 Å². The highest BCUT2D eigenvalue weighted by Crippen LogP contribution is 2.26. The molecule has 0 bridgehead atoms. The lowest BCUT2D eigenvalue weighted by Gasteiger charge is -2.14. The fourth-order valence-electron chi connectivity index (χ4n) is 4.40. The van der Waals surface area contributed by atoms with Gasteiger partial charge in [0.15, 0.2) is 0 Å². The molecule has 5 rings (SSSR count). The normalized spacial score (nSPS) is 14.8. The van der Waals surface area contributed by atoms with Gasteiger partial charge < -0.3 is 9.88 Å². The van der Waals surface area contributed by atoms with Crippen LogP contribution in [0.5, 0.6) is 0 Å². The van der Waals surface area contributed by atoms with E-state index in [0.717, 1.165) is 35.0 Å². The molecule has 0 unspecified atom stereocenters. The largest absolute Gasteiger partial charge is 0.361 e. The van der Waals surface area contributed by atoms with Crippen molar-refractivity contribution >= 4 is 26.6 Å². The predicted octanol–water partition coefficient (Wildman–Crippen LogP) is 5.27. The minimum absolute atomic E-state index is 0.251. The summed E-state index contributed by atoms with van der Waals surface area (Å²) in [6, 6.07) is 22.6. The van der Waals surface area contributed by atoms with Gasteiger partial charge in [0.1, 0.15) is 0 Å². The fourth-order valence-corrected chi connectivity index (χ4v) is 5.45. The zero-order valence-electron chi connectivity index (χ0n) is 17.9. The van der Waals surface area contributed by atoms with Gasteiger partial charge in [-0.2, -0.15) is 0 Å². The molecule has 6 heteroatoms. The van der Waals surface area contributed by atoms with Crippen molar-refractivity contribution < 1.29 is 8.42 Å². The zero-order valence-corrected chi connectivity index (χ0v) is 18.7. The van der Waals surface area contributed by atoms with E-state index in [1.807, 2.05) is 60.8 Å². The van der Waals surface area contributed by atoms with Crippen molar-refractivity contribution in [2.45, 2.75) is 24.2 Å². The number of benzene rings is 3. The summed E-state index contributed by atoms with van der Waals surface area (Å²) in [6.07, 6.45) is 5.57. The van der Waals surface area contributed by atoms with E-state index < -0.39 is 10.0 Å². The number of aromatic amines is 1. The van der Waals surface area contributed by atoms with Gasteiger partial charge in [0.25, 0.3) is 10.0 Å². The topological polar surface area (TPSA) is 65.2 Å². The van der Waals surface area contributed by atoms with Crippen LogP contribution in [0.4, 0.5) is 5.69 Å². The second-order valence-electron chi connectivity index (χ2n) is 8.37. The first-order chi connectivity index (χ1) is 15.6. The van der Waals surface area contributed by atoms with Crippen molar-refractivity contribution in [3.63, 3.8) is 0 Å². The third-order valence-electron chi connectivity index (χ3n) is 6.19. The highest BCUT2D eigenvalue weighted by molar-refractivity contribution is 7.92. The van der Waals surface area contributed by atoms with Crippen LogP contribution in [0, 0.1) is 0 Å². The number of nitrogens with one attached hydrogen (secondary N) is 2. The molecule has 2 heterocycles. The first-order valence-corrected chi connectivity index (χ1v) is 12.6. The van der Waals surface area contributed by atoms with Gasteiger partial charge in [-0.25, -0.2) is 8.42 Å². The van der Waals surface area contributed by atoms with Gasteiger partial charge >= 0.3 is 0 Å². The number of H-pyrrole nitrogens is 1. The number of hydrogen-bond acceptors (Lipinski definition) is 3. The Hall–Kier alpha value is -3.09. The highest BCUT2D eigenvalue weighted by Gasteiger charge is 2.16. The average molecular weight is 446 g/mol. The summed E-state index contributed by atoms with van der Waals surface area (Å²) < 4.78 is 28.7. The first-order valence-electron chi connectivity index (χ1n) is 11.1. The predicted molar refractivity (Wildman–Crippen MR) is 130 cm³/mol. The van der Waals surface area contributed by atoms with Crippen LogP contribution < -0.4 is 4.72 Å². The Morgan fingerprint density at radius 3 is 2.34 bits per heavy atom. The van der Waals surface area contributed by atoms with Crippen LogP contribution in [0.2, 0.25) is 0 Å². The van der Waals surface area contributed by atoms with E-state index in [9.17, 15) is 8.42 Å². The molecule has 32 heavy (non-hydrogen) atoms. The first kappa shape index (κ1) is 20.8. The standard InChI is InChI=1S/C26H27N3O2S/c30-32(31,24-11-8-21(9-12-24)20-6-2-1-3-7-20)28-23-10-13-26-25(18-23)22(19-27-26)14-17-29-15-4-5-16-29/h1-3,6-13,18-19,27-28H,4-5,14-17H2. The van der Waals surface area contributed by atoms with Crippen LogP contribution in [-0.2, 0) is 16.4 Å². The molecule has 164 valence electrons. The van der Waals surface area contributed by atoms with E-state index in [1.54, 1.807) is 18.2 Å². The van der Waals surface area contributed by atoms with Crippen molar-refractivity contribution in [2.24, 2.45) is 0 Å². The zero-order chi connectivity index (χ0) is 22.0. The molecule has 2 N–H and O–H groups in total. The SMILES string of the molecule is O=S(=O)(Nc1ccc2[nH]cc(CCN3CCCC3)c2c1)c1ccc(-c2ccccc2)cc1. The minimum atomic E-state index is -3.67.